The maximum atomic E-state index is 13.7. The summed E-state index contributed by atoms with van der Waals surface area (Å²) < 4.78 is 0. The number of rotatable bonds is 10. The molecule has 0 aromatic heterocycles. The SMILES string of the molecule is Cc1cc(Cc2cccc(CC(C)(C)C)c2-c2c(C(=O)O)ccc(C(=O)O)c2-c2c(Cc3cc(C)cc(C(C)(C)C)c3O)cccc2CC(C)(C)C)c(O)c(C(C)(C)C)c1. The van der Waals surface area contributed by atoms with Gasteiger partial charge in [-0.3, -0.25) is 0 Å². The standard InChI is InChI=1S/C54H66O6/c1-31-23-37(47(55)41(25-31)53(9,10)11)27-33-17-15-19-35(29-51(3,4)5)43(33)45-39(49(57)58)21-22-40(50(59)60)46(45)44-34(18-16-20-36(44)30-52(6,7)8)28-38-24-32(2)26-42(48(38)56)54(12,13)14/h15-26,55-56H,27-30H2,1-14H3,(H,57,58)(H,59,60). The van der Waals surface area contributed by atoms with Crippen molar-refractivity contribution in [1.82, 2.24) is 0 Å². The maximum absolute atomic E-state index is 13.7. The minimum absolute atomic E-state index is 0.00797. The van der Waals surface area contributed by atoms with Gasteiger partial charge in [-0.1, -0.05) is 155 Å². The molecule has 0 fully saturated rings. The molecule has 0 spiro atoms. The fraction of sp³-hybridized carbons (Fsp3) is 0.407. The Morgan fingerprint density at radius 3 is 1.05 bits per heavy atom. The average molecular weight is 811 g/mol. The summed E-state index contributed by atoms with van der Waals surface area (Å²) in [5, 5.41) is 46.0. The average Bonchev–Trinajstić information content (AvgIpc) is 3.08. The van der Waals surface area contributed by atoms with Crippen molar-refractivity contribution in [2.45, 2.75) is 133 Å². The molecule has 0 aliphatic rings. The van der Waals surface area contributed by atoms with Crippen LogP contribution in [0.15, 0.2) is 72.8 Å². The van der Waals surface area contributed by atoms with Crippen molar-refractivity contribution >= 4 is 11.9 Å². The summed E-state index contributed by atoms with van der Waals surface area (Å²) >= 11 is 0. The quantitative estimate of drug-likeness (QED) is 0.112. The molecule has 0 heterocycles. The third kappa shape index (κ3) is 10.1. The molecule has 0 atom stereocenters. The summed E-state index contributed by atoms with van der Waals surface area (Å²) in [6.45, 7) is 29.2. The van der Waals surface area contributed by atoms with Crippen LogP contribution in [0.1, 0.15) is 159 Å². The lowest BCUT2D eigenvalue weighted by Gasteiger charge is -2.29. The number of aryl methyl sites for hydroxylation is 2. The second-order valence-corrected chi connectivity index (χ2v) is 21.4. The summed E-state index contributed by atoms with van der Waals surface area (Å²) in [6.07, 6.45) is 1.70. The third-order valence-corrected chi connectivity index (χ3v) is 11.1. The topological polar surface area (TPSA) is 115 Å². The van der Waals surface area contributed by atoms with Gasteiger partial charge in [0.2, 0.25) is 0 Å². The van der Waals surface area contributed by atoms with Crippen LogP contribution in [0.4, 0.5) is 0 Å². The van der Waals surface area contributed by atoms with E-state index in [0.29, 0.717) is 46.2 Å². The van der Waals surface area contributed by atoms with Gasteiger partial charge in [0.1, 0.15) is 11.5 Å². The molecule has 0 radical (unpaired) electrons. The summed E-state index contributed by atoms with van der Waals surface area (Å²) in [6, 6.07) is 22.8. The van der Waals surface area contributed by atoms with E-state index in [4.69, 9.17) is 0 Å². The summed E-state index contributed by atoms with van der Waals surface area (Å²) in [7, 11) is 0. The van der Waals surface area contributed by atoms with E-state index >= 15 is 0 Å². The zero-order valence-corrected chi connectivity index (χ0v) is 38.4. The van der Waals surface area contributed by atoms with Crippen LogP contribution < -0.4 is 0 Å². The fourth-order valence-electron chi connectivity index (χ4n) is 8.69. The molecule has 5 aromatic rings. The number of carbonyl (C=O) groups is 2. The minimum atomic E-state index is -1.17. The Hall–Kier alpha value is -5.36. The zero-order valence-electron chi connectivity index (χ0n) is 38.4. The van der Waals surface area contributed by atoms with E-state index in [-0.39, 0.29) is 57.1 Å². The Labute approximate surface area is 358 Å². The number of carboxylic acid groups (broad SMARTS) is 2. The highest BCUT2D eigenvalue weighted by Crippen LogP contribution is 2.48. The van der Waals surface area contributed by atoms with Crippen LogP contribution in [0.5, 0.6) is 11.5 Å². The highest BCUT2D eigenvalue weighted by molar-refractivity contribution is 6.09. The maximum Gasteiger partial charge on any atom is 0.336 e. The molecular weight excluding hydrogens is 745 g/mol. The van der Waals surface area contributed by atoms with E-state index in [1.165, 1.54) is 12.1 Å². The van der Waals surface area contributed by atoms with Crippen molar-refractivity contribution in [3.05, 3.63) is 140 Å². The predicted molar refractivity (Wildman–Crippen MR) is 246 cm³/mol. The lowest BCUT2D eigenvalue weighted by atomic mass is 9.75. The number of aromatic carboxylic acids is 2. The summed E-state index contributed by atoms with van der Waals surface area (Å²) in [5.41, 5.74) is 9.23. The highest BCUT2D eigenvalue weighted by Gasteiger charge is 2.32. The van der Waals surface area contributed by atoms with Gasteiger partial charge in [0.25, 0.3) is 0 Å². The number of hydrogen-bond acceptors (Lipinski definition) is 4. The zero-order chi connectivity index (χ0) is 44.9. The van der Waals surface area contributed by atoms with Gasteiger partial charge in [-0.25, -0.2) is 9.59 Å². The molecule has 5 rings (SSSR count). The van der Waals surface area contributed by atoms with Crippen LogP contribution in [0.25, 0.3) is 22.3 Å². The number of hydrogen-bond donors (Lipinski definition) is 4. The van der Waals surface area contributed by atoms with Crippen molar-refractivity contribution in [1.29, 1.82) is 0 Å². The Bertz CT molecular complexity index is 2280. The van der Waals surface area contributed by atoms with Crippen LogP contribution >= 0.6 is 0 Å². The van der Waals surface area contributed by atoms with Gasteiger partial charge < -0.3 is 20.4 Å². The highest BCUT2D eigenvalue weighted by atomic mass is 16.4. The molecule has 4 N–H and O–H groups in total. The summed E-state index contributed by atoms with van der Waals surface area (Å²) in [5.74, 6) is -1.95. The van der Waals surface area contributed by atoms with Gasteiger partial charge in [-0.05, 0) is 116 Å². The number of carboxylic acids is 2. The van der Waals surface area contributed by atoms with E-state index in [1.807, 2.05) is 74.5 Å². The molecule has 5 aromatic carbocycles. The first-order chi connectivity index (χ1) is 27.6. The van der Waals surface area contributed by atoms with Crippen molar-refractivity contribution < 1.29 is 30.0 Å². The van der Waals surface area contributed by atoms with E-state index in [1.54, 1.807) is 0 Å². The lowest BCUT2D eigenvalue weighted by Crippen LogP contribution is -2.16. The van der Waals surface area contributed by atoms with Gasteiger partial charge in [-0.15, -0.1) is 0 Å². The Balaban J connectivity index is 2.00. The molecular formula is C54H66O6. The molecule has 0 unspecified atom stereocenters. The van der Waals surface area contributed by atoms with E-state index in [2.05, 4.69) is 83.1 Å². The molecule has 60 heavy (non-hydrogen) atoms. The second-order valence-electron chi connectivity index (χ2n) is 21.4. The molecule has 6 nitrogen and oxygen atoms in total. The Kier molecular flexibility index (Phi) is 12.6. The van der Waals surface area contributed by atoms with Gasteiger partial charge in [0, 0.05) is 24.0 Å². The molecule has 0 aliphatic heterocycles. The van der Waals surface area contributed by atoms with Crippen LogP contribution in [0.2, 0.25) is 0 Å². The monoisotopic (exact) mass is 810 g/mol. The molecule has 6 heteroatoms. The van der Waals surface area contributed by atoms with Crippen LogP contribution in [-0.2, 0) is 36.5 Å². The number of phenols is 2. The molecule has 0 amide bonds. The van der Waals surface area contributed by atoms with E-state index in [9.17, 15) is 30.0 Å². The predicted octanol–water partition coefficient (Wildman–Crippen LogP) is 13.4. The van der Waals surface area contributed by atoms with Crippen molar-refractivity contribution in [3.63, 3.8) is 0 Å². The van der Waals surface area contributed by atoms with Crippen LogP contribution in [0, 0.1) is 24.7 Å². The van der Waals surface area contributed by atoms with Crippen molar-refractivity contribution in [3.8, 4) is 33.8 Å². The second kappa shape index (κ2) is 16.6. The smallest absolute Gasteiger partial charge is 0.336 e. The van der Waals surface area contributed by atoms with E-state index < -0.39 is 11.9 Å². The normalized spacial score (nSPS) is 12.5. The Morgan fingerprint density at radius 2 is 0.767 bits per heavy atom. The van der Waals surface area contributed by atoms with Crippen LogP contribution in [0.3, 0.4) is 0 Å². The first-order valence-electron chi connectivity index (χ1n) is 21.1. The van der Waals surface area contributed by atoms with Gasteiger partial charge >= 0.3 is 11.9 Å². The number of phenolic OH excluding ortho intramolecular Hbond substituents is 2. The first-order valence-corrected chi connectivity index (χ1v) is 21.1. The molecule has 0 bridgehead atoms. The molecule has 0 saturated heterocycles. The van der Waals surface area contributed by atoms with Crippen LogP contribution in [-0.4, -0.2) is 32.4 Å². The van der Waals surface area contributed by atoms with Crippen molar-refractivity contribution in [2.24, 2.45) is 10.8 Å². The molecule has 318 valence electrons. The van der Waals surface area contributed by atoms with Crippen molar-refractivity contribution in [2.75, 3.05) is 0 Å². The Morgan fingerprint density at radius 1 is 0.450 bits per heavy atom. The third-order valence-electron chi connectivity index (χ3n) is 11.1. The fourth-order valence-corrected chi connectivity index (χ4v) is 8.69. The van der Waals surface area contributed by atoms with Gasteiger partial charge in [-0.2, -0.15) is 0 Å². The van der Waals surface area contributed by atoms with E-state index in [0.717, 1.165) is 44.5 Å². The van der Waals surface area contributed by atoms with Gasteiger partial charge in [0.05, 0.1) is 11.1 Å². The largest absolute Gasteiger partial charge is 0.507 e. The lowest BCUT2D eigenvalue weighted by molar-refractivity contribution is 0.0682. The minimum Gasteiger partial charge on any atom is -0.507 e. The number of aromatic hydroxyl groups is 2. The summed E-state index contributed by atoms with van der Waals surface area (Å²) in [4.78, 5) is 27.3. The first kappa shape index (κ1) is 45.7. The molecule has 0 aliphatic carbocycles. The molecule has 0 saturated carbocycles. The number of benzene rings is 5. The van der Waals surface area contributed by atoms with Gasteiger partial charge in [0.15, 0.2) is 0 Å².